The molecule has 0 saturated carbocycles. The summed E-state index contributed by atoms with van der Waals surface area (Å²) < 4.78 is 12.1. The Kier molecular flexibility index (Phi) is 5.14. The summed E-state index contributed by atoms with van der Waals surface area (Å²) in [6.07, 6.45) is 1.50. The Morgan fingerprint density at radius 3 is 2.55 bits per heavy atom. The van der Waals surface area contributed by atoms with E-state index >= 15 is 0 Å². The average molecular weight is 275 g/mol. The largest absolute Gasteiger partial charge is 0.492 e. The first-order chi connectivity index (χ1) is 9.79. The van der Waals surface area contributed by atoms with Gasteiger partial charge in [-0.05, 0) is 12.1 Å². The number of hydrogen-bond acceptors (Lipinski definition) is 5. The van der Waals surface area contributed by atoms with E-state index in [1.807, 2.05) is 30.3 Å². The molecule has 2 rings (SSSR count). The molecule has 6 heteroatoms. The van der Waals surface area contributed by atoms with Crippen molar-refractivity contribution in [3.05, 3.63) is 52.9 Å². The van der Waals surface area contributed by atoms with Crippen LogP contribution < -0.4 is 20.8 Å². The average Bonchev–Trinajstić information content (AvgIpc) is 2.48. The number of aromatic nitrogens is 2. The molecule has 0 atom stereocenters. The van der Waals surface area contributed by atoms with Gasteiger partial charge in [0.05, 0.1) is 12.7 Å². The van der Waals surface area contributed by atoms with Crippen LogP contribution in [0.15, 0.2) is 47.4 Å². The van der Waals surface area contributed by atoms with E-state index in [-0.39, 0.29) is 5.56 Å². The Balaban J connectivity index is 1.88. The van der Waals surface area contributed by atoms with Crippen LogP contribution in [0.2, 0.25) is 0 Å². The van der Waals surface area contributed by atoms with Crippen LogP contribution in [0.1, 0.15) is 0 Å². The van der Waals surface area contributed by atoms with Crippen LogP contribution in [0.5, 0.6) is 11.5 Å². The zero-order valence-electron chi connectivity index (χ0n) is 11.1. The predicted octanol–water partition coefficient (Wildman–Crippen LogP) is 0.660. The highest BCUT2D eigenvalue weighted by Gasteiger charge is 2.01. The Bertz CT molecular complexity index is 584. The molecule has 0 aliphatic heterocycles. The molecular formula is C14H17N3O3. The highest BCUT2D eigenvalue weighted by Crippen LogP contribution is 2.08. The standard InChI is InChI=1S/C14H17N3O3/c15-6-8-19-13-10-14(18)17(16-11-13)7-9-20-12-4-2-1-3-5-12/h1-5,10-11H,6-9,15H2. The third-order valence-electron chi connectivity index (χ3n) is 2.55. The number of hydrogen-bond donors (Lipinski definition) is 1. The Labute approximate surface area is 116 Å². The van der Waals surface area contributed by atoms with E-state index in [1.54, 1.807) is 0 Å². The van der Waals surface area contributed by atoms with E-state index in [4.69, 9.17) is 15.2 Å². The van der Waals surface area contributed by atoms with Crippen molar-refractivity contribution in [3.8, 4) is 11.5 Å². The van der Waals surface area contributed by atoms with E-state index in [2.05, 4.69) is 5.10 Å². The summed E-state index contributed by atoms with van der Waals surface area (Å²) in [4.78, 5) is 11.8. The van der Waals surface area contributed by atoms with Crippen LogP contribution in [-0.4, -0.2) is 29.5 Å². The van der Waals surface area contributed by atoms with Crippen molar-refractivity contribution in [1.82, 2.24) is 9.78 Å². The number of rotatable bonds is 7. The third-order valence-corrected chi connectivity index (χ3v) is 2.55. The van der Waals surface area contributed by atoms with Gasteiger partial charge in [0, 0.05) is 12.6 Å². The lowest BCUT2D eigenvalue weighted by molar-refractivity contribution is 0.284. The number of ether oxygens (including phenoxy) is 2. The minimum atomic E-state index is -0.226. The lowest BCUT2D eigenvalue weighted by Gasteiger charge is -2.08. The number of para-hydroxylation sites is 1. The maximum absolute atomic E-state index is 11.8. The van der Waals surface area contributed by atoms with Gasteiger partial charge in [0.2, 0.25) is 0 Å². The van der Waals surface area contributed by atoms with Gasteiger partial charge in [0.15, 0.2) is 0 Å². The van der Waals surface area contributed by atoms with E-state index < -0.39 is 0 Å². The van der Waals surface area contributed by atoms with Crippen molar-refractivity contribution in [2.24, 2.45) is 5.73 Å². The minimum Gasteiger partial charge on any atom is -0.492 e. The first-order valence-corrected chi connectivity index (χ1v) is 6.37. The Hall–Kier alpha value is -2.34. The van der Waals surface area contributed by atoms with Crippen LogP contribution in [0.25, 0.3) is 0 Å². The molecular weight excluding hydrogens is 258 g/mol. The zero-order chi connectivity index (χ0) is 14.2. The molecule has 1 heterocycles. The molecule has 0 unspecified atom stereocenters. The van der Waals surface area contributed by atoms with Gasteiger partial charge in [0.1, 0.15) is 24.7 Å². The number of benzene rings is 1. The van der Waals surface area contributed by atoms with Crippen molar-refractivity contribution in [3.63, 3.8) is 0 Å². The maximum atomic E-state index is 11.8. The molecule has 106 valence electrons. The fourth-order valence-electron chi connectivity index (χ4n) is 1.61. The maximum Gasteiger partial charge on any atom is 0.270 e. The van der Waals surface area contributed by atoms with Crippen molar-refractivity contribution in [1.29, 1.82) is 0 Å². The first-order valence-electron chi connectivity index (χ1n) is 6.37. The van der Waals surface area contributed by atoms with Gasteiger partial charge in [-0.3, -0.25) is 4.79 Å². The molecule has 0 saturated heterocycles. The Morgan fingerprint density at radius 2 is 1.85 bits per heavy atom. The van der Waals surface area contributed by atoms with Crippen LogP contribution in [-0.2, 0) is 6.54 Å². The quantitative estimate of drug-likeness (QED) is 0.803. The molecule has 0 aliphatic carbocycles. The van der Waals surface area contributed by atoms with Crippen molar-refractivity contribution in [2.75, 3.05) is 19.8 Å². The highest BCUT2D eigenvalue weighted by atomic mass is 16.5. The van der Waals surface area contributed by atoms with Gasteiger partial charge in [-0.15, -0.1) is 0 Å². The zero-order valence-corrected chi connectivity index (χ0v) is 11.1. The fourth-order valence-corrected chi connectivity index (χ4v) is 1.61. The van der Waals surface area contributed by atoms with E-state index in [0.29, 0.717) is 32.1 Å². The molecule has 20 heavy (non-hydrogen) atoms. The SMILES string of the molecule is NCCOc1cnn(CCOc2ccccc2)c(=O)c1. The van der Waals surface area contributed by atoms with Gasteiger partial charge in [-0.2, -0.15) is 5.10 Å². The van der Waals surface area contributed by atoms with Crippen LogP contribution in [0, 0.1) is 0 Å². The van der Waals surface area contributed by atoms with E-state index in [0.717, 1.165) is 5.75 Å². The van der Waals surface area contributed by atoms with Crippen molar-refractivity contribution < 1.29 is 9.47 Å². The van der Waals surface area contributed by atoms with Gasteiger partial charge >= 0.3 is 0 Å². The molecule has 0 amide bonds. The second-order valence-electron chi connectivity index (χ2n) is 4.05. The number of nitrogens with two attached hydrogens (primary N) is 1. The summed E-state index contributed by atoms with van der Waals surface area (Å²) in [6, 6.07) is 10.8. The molecule has 0 fully saturated rings. The normalized spacial score (nSPS) is 10.2. The van der Waals surface area contributed by atoms with Gasteiger partial charge in [-0.1, -0.05) is 18.2 Å². The second kappa shape index (κ2) is 7.30. The molecule has 0 aliphatic rings. The molecule has 0 spiro atoms. The molecule has 0 radical (unpaired) electrons. The van der Waals surface area contributed by atoms with E-state index in [1.165, 1.54) is 16.9 Å². The van der Waals surface area contributed by atoms with Crippen molar-refractivity contribution >= 4 is 0 Å². The highest BCUT2D eigenvalue weighted by molar-refractivity contribution is 5.20. The topological polar surface area (TPSA) is 79.4 Å². The second-order valence-corrected chi connectivity index (χ2v) is 4.05. The summed E-state index contributed by atoms with van der Waals surface area (Å²) in [6.45, 7) is 1.51. The first kappa shape index (κ1) is 14.1. The lowest BCUT2D eigenvalue weighted by Crippen LogP contribution is -2.25. The lowest BCUT2D eigenvalue weighted by atomic mass is 10.3. The van der Waals surface area contributed by atoms with Gasteiger partial charge < -0.3 is 15.2 Å². The third kappa shape index (κ3) is 4.10. The van der Waals surface area contributed by atoms with Gasteiger partial charge in [-0.25, -0.2) is 4.68 Å². The van der Waals surface area contributed by atoms with E-state index in [9.17, 15) is 4.79 Å². The molecule has 2 aromatic rings. The summed E-state index contributed by atoms with van der Waals surface area (Å²) in [7, 11) is 0. The molecule has 1 aromatic heterocycles. The van der Waals surface area contributed by atoms with Crippen LogP contribution >= 0.6 is 0 Å². The van der Waals surface area contributed by atoms with Gasteiger partial charge in [0.25, 0.3) is 5.56 Å². The molecule has 6 nitrogen and oxygen atoms in total. The van der Waals surface area contributed by atoms with Crippen LogP contribution in [0.4, 0.5) is 0 Å². The van der Waals surface area contributed by atoms with Crippen LogP contribution in [0.3, 0.4) is 0 Å². The number of nitrogens with zero attached hydrogens (tertiary/aromatic N) is 2. The van der Waals surface area contributed by atoms with Crippen molar-refractivity contribution in [2.45, 2.75) is 6.54 Å². The minimum absolute atomic E-state index is 0.226. The summed E-state index contributed by atoms with van der Waals surface area (Å²) >= 11 is 0. The molecule has 1 aromatic carbocycles. The summed E-state index contributed by atoms with van der Waals surface area (Å²) in [5.41, 5.74) is 5.09. The Morgan fingerprint density at radius 1 is 1.10 bits per heavy atom. The monoisotopic (exact) mass is 275 g/mol. The smallest absolute Gasteiger partial charge is 0.270 e. The summed E-state index contributed by atoms with van der Waals surface area (Å²) in [5.74, 6) is 1.20. The fraction of sp³-hybridized carbons (Fsp3) is 0.286. The molecule has 2 N–H and O–H groups in total. The molecule has 0 bridgehead atoms. The predicted molar refractivity (Wildman–Crippen MR) is 75.0 cm³/mol. The summed E-state index contributed by atoms with van der Waals surface area (Å²) in [5, 5.41) is 4.02.